The molecular weight excluding hydrogens is 386 g/mol. The third-order valence-electron chi connectivity index (χ3n) is 4.73. The first kappa shape index (κ1) is 16.0. The molecule has 1 aromatic carbocycles. The van der Waals surface area contributed by atoms with Gasteiger partial charge in [-0.05, 0) is 53.4 Å². The van der Waals surface area contributed by atoms with E-state index >= 15 is 0 Å². The van der Waals surface area contributed by atoms with E-state index in [2.05, 4.69) is 44.8 Å². The largest absolute Gasteiger partial charge is 0.367 e. The number of hydrogen-bond acceptors (Lipinski definition) is 2. The quantitative estimate of drug-likeness (QED) is 0.573. The van der Waals surface area contributed by atoms with E-state index in [1.807, 2.05) is 24.3 Å². The summed E-state index contributed by atoms with van der Waals surface area (Å²) in [5.41, 5.74) is 4.00. The molecule has 0 spiro atoms. The highest BCUT2D eigenvalue weighted by Gasteiger charge is 2.21. The van der Waals surface area contributed by atoms with Crippen LogP contribution in [-0.2, 0) is 0 Å². The molecule has 1 N–H and O–H groups in total. The fourth-order valence-corrected chi connectivity index (χ4v) is 3.95. The molecule has 0 amide bonds. The second kappa shape index (κ2) is 6.41. The lowest BCUT2D eigenvalue weighted by molar-refractivity contribution is 0.749. The fourth-order valence-electron chi connectivity index (χ4n) is 3.40. The van der Waals surface area contributed by atoms with E-state index in [9.17, 15) is 0 Å². The Hall–Kier alpha value is -1.52. The SMILES string of the molecule is Cc1cc2nc(-c3ccccc3Cl)c(NC3CCCC3)n2cc1Br. The number of halogens is 2. The van der Waals surface area contributed by atoms with Gasteiger partial charge in [0.25, 0.3) is 0 Å². The first-order valence-corrected chi connectivity index (χ1v) is 9.50. The van der Waals surface area contributed by atoms with Crippen molar-refractivity contribution in [1.82, 2.24) is 9.38 Å². The molecule has 0 atom stereocenters. The number of aryl methyl sites for hydroxylation is 1. The Morgan fingerprint density at radius 2 is 2.00 bits per heavy atom. The maximum absolute atomic E-state index is 6.45. The maximum atomic E-state index is 6.45. The van der Waals surface area contributed by atoms with Crippen molar-refractivity contribution in [3.05, 3.63) is 51.6 Å². The molecule has 0 radical (unpaired) electrons. The van der Waals surface area contributed by atoms with Crippen LogP contribution in [0.4, 0.5) is 5.82 Å². The number of imidazole rings is 1. The molecule has 1 aliphatic rings. The van der Waals surface area contributed by atoms with Gasteiger partial charge in [-0.1, -0.05) is 42.6 Å². The number of hydrogen-bond donors (Lipinski definition) is 1. The Bertz CT molecular complexity index is 897. The molecule has 1 saturated carbocycles. The molecule has 3 nitrogen and oxygen atoms in total. The van der Waals surface area contributed by atoms with E-state index in [1.54, 1.807) is 0 Å². The predicted octanol–water partition coefficient (Wildman–Crippen LogP) is 6.08. The molecule has 0 saturated heterocycles. The van der Waals surface area contributed by atoms with E-state index in [4.69, 9.17) is 16.6 Å². The molecule has 4 rings (SSSR count). The summed E-state index contributed by atoms with van der Waals surface area (Å²) in [5, 5.41) is 4.45. The standard InChI is InChI=1S/C19H19BrClN3/c1-12-10-17-23-18(14-8-4-5-9-16(14)21)19(24(17)11-15(12)20)22-13-6-2-3-7-13/h4-5,8-11,13,22H,2-3,6-7H2,1H3. The molecular formula is C19H19BrClN3. The Labute approximate surface area is 155 Å². The third-order valence-corrected chi connectivity index (χ3v) is 5.89. The van der Waals surface area contributed by atoms with Crippen molar-refractivity contribution >= 4 is 39.0 Å². The summed E-state index contributed by atoms with van der Waals surface area (Å²) < 4.78 is 3.21. The fraction of sp³-hybridized carbons (Fsp3) is 0.316. The van der Waals surface area contributed by atoms with Gasteiger partial charge in [0, 0.05) is 22.3 Å². The topological polar surface area (TPSA) is 29.3 Å². The van der Waals surface area contributed by atoms with Crippen LogP contribution in [0, 0.1) is 6.92 Å². The van der Waals surface area contributed by atoms with Gasteiger partial charge in [-0.25, -0.2) is 4.98 Å². The summed E-state index contributed by atoms with van der Waals surface area (Å²) >= 11 is 10.1. The molecule has 2 aromatic heterocycles. The monoisotopic (exact) mass is 403 g/mol. The second-order valence-electron chi connectivity index (χ2n) is 6.45. The Morgan fingerprint density at radius 1 is 1.25 bits per heavy atom. The zero-order chi connectivity index (χ0) is 16.7. The van der Waals surface area contributed by atoms with Crippen LogP contribution in [-0.4, -0.2) is 15.4 Å². The van der Waals surface area contributed by atoms with Gasteiger partial charge < -0.3 is 5.32 Å². The lowest BCUT2D eigenvalue weighted by Crippen LogP contribution is -2.16. The van der Waals surface area contributed by atoms with Crippen molar-refractivity contribution in [2.75, 3.05) is 5.32 Å². The first-order chi connectivity index (χ1) is 11.6. The average Bonchev–Trinajstić information content (AvgIpc) is 3.18. The molecule has 0 aliphatic heterocycles. The summed E-state index contributed by atoms with van der Waals surface area (Å²) in [7, 11) is 0. The summed E-state index contributed by atoms with van der Waals surface area (Å²) in [5.74, 6) is 1.03. The van der Waals surface area contributed by atoms with Crippen LogP contribution in [0.2, 0.25) is 5.02 Å². The highest BCUT2D eigenvalue weighted by molar-refractivity contribution is 9.10. The van der Waals surface area contributed by atoms with Crippen LogP contribution in [0.3, 0.4) is 0 Å². The lowest BCUT2D eigenvalue weighted by Gasteiger charge is -2.15. The van der Waals surface area contributed by atoms with Crippen molar-refractivity contribution in [1.29, 1.82) is 0 Å². The molecule has 5 heteroatoms. The average molecular weight is 405 g/mol. The minimum atomic E-state index is 0.506. The van der Waals surface area contributed by atoms with E-state index in [1.165, 1.54) is 31.2 Å². The van der Waals surface area contributed by atoms with Gasteiger partial charge in [-0.2, -0.15) is 0 Å². The molecule has 0 unspecified atom stereocenters. The van der Waals surface area contributed by atoms with Gasteiger partial charge in [-0.3, -0.25) is 4.40 Å². The van der Waals surface area contributed by atoms with Crippen LogP contribution in [0.15, 0.2) is 41.0 Å². The van der Waals surface area contributed by atoms with Gasteiger partial charge >= 0.3 is 0 Å². The minimum Gasteiger partial charge on any atom is -0.367 e. The smallest absolute Gasteiger partial charge is 0.139 e. The van der Waals surface area contributed by atoms with Gasteiger partial charge in [0.1, 0.15) is 17.2 Å². The number of anilines is 1. The van der Waals surface area contributed by atoms with Gasteiger partial charge in [0.05, 0.1) is 5.02 Å². The van der Waals surface area contributed by atoms with E-state index in [0.29, 0.717) is 6.04 Å². The maximum Gasteiger partial charge on any atom is 0.139 e. The number of fused-ring (bicyclic) bond motifs is 1. The van der Waals surface area contributed by atoms with Crippen LogP contribution >= 0.6 is 27.5 Å². The number of pyridine rings is 1. The zero-order valence-corrected chi connectivity index (χ0v) is 15.9. The van der Waals surface area contributed by atoms with Gasteiger partial charge in [-0.15, -0.1) is 0 Å². The number of rotatable bonds is 3. The van der Waals surface area contributed by atoms with Crippen molar-refractivity contribution in [3.8, 4) is 11.3 Å². The highest BCUT2D eigenvalue weighted by atomic mass is 79.9. The van der Waals surface area contributed by atoms with Crippen molar-refractivity contribution < 1.29 is 0 Å². The van der Waals surface area contributed by atoms with Crippen LogP contribution in [0.25, 0.3) is 16.9 Å². The van der Waals surface area contributed by atoms with Crippen LogP contribution in [0.5, 0.6) is 0 Å². The van der Waals surface area contributed by atoms with Crippen molar-refractivity contribution in [3.63, 3.8) is 0 Å². The Kier molecular flexibility index (Phi) is 4.27. The number of benzene rings is 1. The van der Waals surface area contributed by atoms with Crippen LogP contribution in [0.1, 0.15) is 31.2 Å². The third kappa shape index (κ3) is 2.82. The summed E-state index contributed by atoms with van der Waals surface area (Å²) in [4.78, 5) is 4.88. The molecule has 124 valence electrons. The highest BCUT2D eigenvalue weighted by Crippen LogP contribution is 2.36. The summed E-state index contributed by atoms with van der Waals surface area (Å²) in [6.07, 6.45) is 7.09. The van der Waals surface area contributed by atoms with Crippen molar-refractivity contribution in [2.45, 2.75) is 38.6 Å². The van der Waals surface area contributed by atoms with Crippen LogP contribution < -0.4 is 5.32 Å². The Balaban J connectivity index is 1.92. The summed E-state index contributed by atoms with van der Waals surface area (Å²) in [6.45, 7) is 2.08. The van der Waals surface area contributed by atoms with E-state index < -0.39 is 0 Å². The zero-order valence-electron chi connectivity index (χ0n) is 13.5. The predicted molar refractivity (Wildman–Crippen MR) is 104 cm³/mol. The van der Waals surface area contributed by atoms with E-state index in [-0.39, 0.29) is 0 Å². The van der Waals surface area contributed by atoms with E-state index in [0.717, 1.165) is 32.2 Å². The molecule has 2 heterocycles. The molecule has 0 bridgehead atoms. The summed E-state index contributed by atoms with van der Waals surface area (Å²) in [6, 6.07) is 10.5. The van der Waals surface area contributed by atoms with Gasteiger partial charge in [0.2, 0.25) is 0 Å². The number of aromatic nitrogens is 2. The molecule has 1 aliphatic carbocycles. The number of nitrogens with zero attached hydrogens (tertiary/aromatic N) is 2. The minimum absolute atomic E-state index is 0.506. The van der Waals surface area contributed by atoms with Crippen molar-refractivity contribution in [2.24, 2.45) is 0 Å². The molecule has 3 aromatic rings. The molecule has 1 fully saturated rings. The Morgan fingerprint density at radius 3 is 2.75 bits per heavy atom. The first-order valence-electron chi connectivity index (χ1n) is 8.33. The number of nitrogens with one attached hydrogen (secondary N) is 1. The second-order valence-corrected chi connectivity index (χ2v) is 7.71. The molecule has 24 heavy (non-hydrogen) atoms. The lowest BCUT2D eigenvalue weighted by atomic mass is 10.1. The normalized spacial score (nSPS) is 15.3. The van der Waals surface area contributed by atoms with Gasteiger partial charge in [0.15, 0.2) is 0 Å².